The van der Waals surface area contributed by atoms with Crippen molar-refractivity contribution in [1.29, 1.82) is 0 Å². The first-order chi connectivity index (χ1) is 5.05. The van der Waals surface area contributed by atoms with Gasteiger partial charge in [0.2, 0.25) is 0 Å². The minimum Gasteiger partial charge on any atom is -0.468 e. The van der Waals surface area contributed by atoms with E-state index >= 15 is 0 Å². The molecule has 0 aromatic carbocycles. The number of methoxy groups -OCH3 is 1. The van der Waals surface area contributed by atoms with Crippen LogP contribution >= 0.6 is 11.8 Å². The summed E-state index contributed by atoms with van der Waals surface area (Å²) in [6.45, 7) is 4.11. The fraction of sp³-hybridized carbons (Fsp3) is 0.857. The molecule has 0 spiro atoms. The highest BCUT2D eigenvalue weighted by atomic mass is 32.2. The Balaban J connectivity index is 2.48. The van der Waals surface area contributed by atoms with Gasteiger partial charge < -0.3 is 4.74 Å². The molecule has 1 atom stereocenters. The van der Waals surface area contributed by atoms with Crippen LogP contribution in [0.15, 0.2) is 0 Å². The van der Waals surface area contributed by atoms with E-state index in [2.05, 4.69) is 23.9 Å². The van der Waals surface area contributed by atoms with Gasteiger partial charge in [0, 0.05) is 5.75 Å². The van der Waals surface area contributed by atoms with Crippen LogP contribution in [0.3, 0.4) is 0 Å². The predicted molar refractivity (Wildman–Crippen MR) is 45.5 cm³/mol. The van der Waals surface area contributed by atoms with Gasteiger partial charge >= 0.3 is 5.97 Å². The van der Waals surface area contributed by atoms with E-state index in [0.29, 0.717) is 0 Å². The molecule has 0 saturated carbocycles. The second kappa shape index (κ2) is 3.03. The molecule has 1 heterocycles. The van der Waals surface area contributed by atoms with E-state index < -0.39 is 0 Å². The molecule has 3 nitrogen and oxygen atoms in total. The van der Waals surface area contributed by atoms with Gasteiger partial charge in [-0.05, 0) is 13.8 Å². The highest BCUT2D eigenvalue weighted by molar-refractivity contribution is 8.00. The van der Waals surface area contributed by atoms with Gasteiger partial charge in [0.25, 0.3) is 0 Å². The number of esters is 1. The molecule has 1 rings (SSSR count). The molecule has 64 valence electrons. The molecule has 0 bridgehead atoms. The van der Waals surface area contributed by atoms with Crippen molar-refractivity contribution in [2.24, 2.45) is 0 Å². The third-order valence-corrected chi connectivity index (χ3v) is 2.96. The van der Waals surface area contributed by atoms with Crippen LogP contribution in [-0.4, -0.2) is 29.7 Å². The molecule has 4 heteroatoms. The van der Waals surface area contributed by atoms with Crippen molar-refractivity contribution in [3.63, 3.8) is 0 Å². The van der Waals surface area contributed by atoms with Gasteiger partial charge in [-0.3, -0.25) is 10.1 Å². The highest BCUT2D eigenvalue weighted by Crippen LogP contribution is 2.29. The fourth-order valence-electron chi connectivity index (χ4n) is 1.06. The molecule has 0 radical (unpaired) electrons. The third-order valence-electron chi connectivity index (χ3n) is 1.62. The van der Waals surface area contributed by atoms with Crippen LogP contribution in [-0.2, 0) is 9.53 Å². The third kappa shape index (κ3) is 2.10. The van der Waals surface area contributed by atoms with Crippen LogP contribution in [0.1, 0.15) is 13.8 Å². The zero-order valence-electron chi connectivity index (χ0n) is 7.01. The van der Waals surface area contributed by atoms with Crippen LogP contribution in [0, 0.1) is 0 Å². The summed E-state index contributed by atoms with van der Waals surface area (Å²) in [7, 11) is 1.42. The van der Waals surface area contributed by atoms with Crippen molar-refractivity contribution < 1.29 is 9.53 Å². The number of rotatable bonds is 1. The summed E-state index contributed by atoms with van der Waals surface area (Å²) in [5.74, 6) is 0.641. The van der Waals surface area contributed by atoms with Gasteiger partial charge in [-0.2, -0.15) is 0 Å². The van der Waals surface area contributed by atoms with Crippen LogP contribution in [0.25, 0.3) is 0 Å². The molecule has 0 aromatic rings. The second-order valence-corrected chi connectivity index (χ2v) is 4.68. The van der Waals surface area contributed by atoms with Crippen LogP contribution in [0.5, 0.6) is 0 Å². The van der Waals surface area contributed by atoms with Gasteiger partial charge in [-0.25, -0.2) is 0 Å². The first-order valence-corrected chi connectivity index (χ1v) is 4.53. The van der Waals surface area contributed by atoms with Gasteiger partial charge in [0.1, 0.15) is 6.04 Å². The van der Waals surface area contributed by atoms with Crippen molar-refractivity contribution in [3.05, 3.63) is 0 Å². The lowest BCUT2D eigenvalue weighted by atomic mass is 10.3. The van der Waals surface area contributed by atoms with E-state index in [-0.39, 0.29) is 16.9 Å². The van der Waals surface area contributed by atoms with Gasteiger partial charge in [0.15, 0.2) is 0 Å². The topological polar surface area (TPSA) is 38.3 Å². The lowest BCUT2D eigenvalue weighted by Gasteiger charge is -2.17. The van der Waals surface area contributed by atoms with E-state index in [1.165, 1.54) is 7.11 Å². The number of ether oxygens (including phenoxy) is 1. The summed E-state index contributed by atoms with van der Waals surface area (Å²) >= 11 is 1.74. The monoisotopic (exact) mass is 175 g/mol. The molecule has 1 aliphatic rings. The minimum atomic E-state index is -0.164. The molecule has 1 aliphatic heterocycles. The van der Waals surface area contributed by atoms with Crippen LogP contribution in [0.2, 0.25) is 0 Å². The van der Waals surface area contributed by atoms with Gasteiger partial charge in [-0.15, -0.1) is 11.8 Å². The lowest BCUT2D eigenvalue weighted by Crippen LogP contribution is -2.41. The molecule has 11 heavy (non-hydrogen) atoms. The first kappa shape index (κ1) is 8.87. The average molecular weight is 175 g/mol. The molecule has 0 amide bonds. The van der Waals surface area contributed by atoms with E-state index in [4.69, 9.17) is 0 Å². The Bertz CT molecular complexity index is 170. The van der Waals surface area contributed by atoms with E-state index in [0.717, 1.165) is 5.75 Å². The number of carbonyl (C=O) groups is 1. The Morgan fingerprint density at radius 3 is 2.73 bits per heavy atom. The number of thioether (sulfide) groups is 1. The van der Waals surface area contributed by atoms with Crippen molar-refractivity contribution in [2.75, 3.05) is 12.9 Å². The summed E-state index contributed by atoms with van der Waals surface area (Å²) in [6, 6.07) is -0.125. The Morgan fingerprint density at radius 2 is 2.36 bits per heavy atom. The second-order valence-electron chi connectivity index (χ2n) is 3.04. The van der Waals surface area contributed by atoms with Gasteiger partial charge in [-0.1, -0.05) is 0 Å². The zero-order chi connectivity index (χ0) is 8.48. The SMILES string of the molecule is COC(=O)[C@@H]1CSC(C)(C)N1. The molecule has 0 aromatic heterocycles. The smallest absolute Gasteiger partial charge is 0.323 e. The lowest BCUT2D eigenvalue weighted by molar-refractivity contribution is -0.142. The summed E-state index contributed by atoms with van der Waals surface area (Å²) in [4.78, 5) is 11.0. The minimum absolute atomic E-state index is 0.0128. The maximum Gasteiger partial charge on any atom is 0.323 e. The fourth-order valence-corrected chi connectivity index (χ4v) is 2.09. The quantitative estimate of drug-likeness (QED) is 0.592. The van der Waals surface area contributed by atoms with Crippen LogP contribution in [0.4, 0.5) is 0 Å². The Hall–Kier alpha value is -0.220. The van der Waals surface area contributed by atoms with E-state index in [1.807, 2.05) is 0 Å². The summed E-state index contributed by atoms with van der Waals surface area (Å²) in [5.41, 5.74) is 0. The first-order valence-electron chi connectivity index (χ1n) is 3.54. The molecule has 0 aliphatic carbocycles. The average Bonchev–Trinajstić information content (AvgIpc) is 2.29. The molecule has 0 unspecified atom stereocenters. The summed E-state index contributed by atoms with van der Waals surface area (Å²) in [6.07, 6.45) is 0. The number of hydrogen-bond acceptors (Lipinski definition) is 4. The Labute approximate surface area is 70.9 Å². The van der Waals surface area contributed by atoms with Crippen molar-refractivity contribution >= 4 is 17.7 Å². The number of nitrogens with one attached hydrogen (secondary N) is 1. The normalized spacial score (nSPS) is 28.5. The summed E-state index contributed by atoms with van der Waals surface area (Å²) < 4.78 is 4.61. The Morgan fingerprint density at radius 1 is 1.73 bits per heavy atom. The molecular weight excluding hydrogens is 162 g/mol. The van der Waals surface area contributed by atoms with Gasteiger partial charge in [0.05, 0.1) is 12.0 Å². The maximum atomic E-state index is 11.0. The van der Waals surface area contributed by atoms with Crippen molar-refractivity contribution in [3.8, 4) is 0 Å². The largest absolute Gasteiger partial charge is 0.468 e. The van der Waals surface area contributed by atoms with Crippen molar-refractivity contribution in [2.45, 2.75) is 24.8 Å². The molecule has 1 saturated heterocycles. The predicted octanol–water partition coefficient (Wildman–Crippen LogP) is 0.600. The number of carbonyl (C=O) groups excluding carboxylic acids is 1. The van der Waals surface area contributed by atoms with Crippen molar-refractivity contribution in [1.82, 2.24) is 5.32 Å². The molecule has 1 N–H and O–H groups in total. The summed E-state index contributed by atoms with van der Waals surface area (Å²) in [5, 5.41) is 3.17. The Kier molecular flexibility index (Phi) is 2.44. The highest BCUT2D eigenvalue weighted by Gasteiger charge is 2.35. The number of hydrogen-bond donors (Lipinski definition) is 1. The molecular formula is C7H13NO2S. The van der Waals surface area contributed by atoms with Crippen LogP contribution < -0.4 is 5.32 Å². The molecule has 1 fully saturated rings. The maximum absolute atomic E-state index is 11.0. The standard InChI is InChI=1S/C7H13NO2S/c1-7(2)8-5(4-11-7)6(9)10-3/h5,8H,4H2,1-3H3/t5-/m0/s1. The zero-order valence-corrected chi connectivity index (χ0v) is 7.83. The van der Waals surface area contributed by atoms with E-state index in [9.17, 15) is 4.79 Å². The van der Waals surface area contributed by atoms with E-state index in [1.54, 1.807) is 11.8 Å².